The van der Waals surface area contributed by atoms with Crippen LogP contribution < -0.4 is 0 Å². The number of rotatable bonds is 4. The van der Waals surface area contributed by atoms with Gasteiger partial charge in [-0.05, 0) is 25.0 Å². The first-order valence-electron chi connectivity index (χ1n) is 5.47. The summed E-state index contributed by atoms with van der Waals surface area (Å²) in [5.41, 5.74) is 3.07. The summed E-state index contributed by atoms with van der Waals surface area (Å²) in [4.78, 5) is 0. The van der Waals surface area contributed by atoms with E-state index in [1.54, 1.807) is 0 Å². The molecule has 1 aromatic heterocycles. The van der Waals surface area contributed by atoms with Gasteiger partial charge < -0.3 is 4.52 Å². The highest BCUT2D eigenvalue weighted by Crippen LogP contribution is 2.12. The lowest BCUT2D eigenvalue weighted by atomic mass is 10.1. The number of hydrogen-bond donors (Lipinski definition) is 0. The number of benzene rings is 1. The SMILES string of the molecule is Cc1cc(C[S@](=O)Cc2ccccc2C)no1. The Morgan fingerprint density at radius 3 is 2.65 bits per heavy atom. The van der Waals surface area contributed by atoms with E-state index in [9.17, 15) is 4.21 Å². The van der Waals surface area contributed by atoms with Crippen LogP contribution in [0.1, 0.15) is 22.6 Å². The van der Waals surface area contributed by atoms with Gasteiger partial charge in [-0.3, -0.25) is 4.21 Å². The number of hydrogen-bond acceptors (Lipinski definition) is 3. The van der Waals surface area contributed by atoms with Crippen LogP contribution in [-0.4, -0.2) is 9.37 Å². The summed E-state index contributed by atoms with van der Waals surface area (Å²) in [6, 6.07) is 9.84. The highest BCUT2D eigenvalue weighted by Gasteiger charge is 2.08. The first kappa shape index (κ1) is 12.0. The van der Waals surface area contributed by atoms with Crippen molar-refractivity contribution in [3.05, 3.63) is 52.9 Å². The molecule has 90 valence electrons. The minimum absolute atomic E-state index is 0.450. The van der Waals surface area contributed by atoms with Gasteiger partial charge in [0.05, 0.1) is 11.4 Å². The molecule has 4 heteroatoms. The predicted octanol–water partition coefficient (Wildman–Crippen LogP) is 2.74. The van der Waals surface area contributed by atoms with E-state index in [1.807, 2.05) is 44.2 Å². The molecule has 0 fully saturated rings. The molecule has 0 aliphatic heterocycles. The maximum absolute atomic E-state index is 12.0. The molecule has 2 aromatic rings. The van der Waals surface area contributed by atoms with Gasteiger partial charge in [0.15, 0.2) is 0 Å². The highest BCUT2D eigenvalue weighted by atomic mass is 32.2. The van der Waals surface area contributed by atoms with E-state index >= 15 is 0 Å². The molecule has 0 unspecified atom stereocenters. The first-order valence-corrected chi connectivity index (χ1v) is 6.95. The lowest BCUT2D eigenvalue weighted by Crippen LogP contribution is -2.01. The fourth-order valence-electron chi connectivity index (χ4n) is 1.65. The molecule has 1 heterocycles. The Labute approximate surface area is 103 Å². The molecular formula is C13H15NO2S. The van der Waals surface area contributed by atoms with Gasteiger partial charge in [0.25, 0.3) is 0 Å². The van der Waals surface area contributed by atoms with E-state index in [-0.39, 0.29) is 0 Å². The van der Waals surface area contributed by atoms with Crippen molar-refractivity contribution in [2.24, 2.45) is 0 Å². The minimum atomic E-state index is -0.941. The van der Waals surface area contributed by atoms with E-state index < -0.39 is 10.8 Å². The molecule has 0 aliphatic carbocycles. The fourth-order valence-corrected chi connectivity index (χ4v) is 2.89. The van der Waals surface area contributed by atoms with Gasteiger partial charge in [-0.2, -0.15) is 0 Å². The van der Waals surface area contributed by atoms with Gasteiger partial charge in [-0.1, -0.05) is 29.4 Å². The van der Waals surface area contributed by atoms with Crippen LogP contribution in [0.3, 0.4) is 0 Å². The molecule has 1 aromatic carbocycles. The van der Waals surface area contributed by atoms with Crippen LogP contribution in [0.15, 0.2) is 34.9 Å². The van der Waals surface area contributed by atoms with Gasteiger partial charge in [0, 0.05) is 22.6 Å². The maximum atomic E-state index is 12.0. The number of aryl methyl sites for hydroxylation is 2. The van der Waals surface area contributed by atoms with Crippen LogP contribution in [0.5, 0.6) is 0 Å². The van der Waals surface area contributed by atoms with Gasteiger partial charge in [-0.25, -0.2) is 0 Å². The zero-order chi connectivity index (χ0) is 12.3. The summed E-state index contributed by atoms with van der Waals surface area (Å²) in [6.45, 7) is 3.87. The van der Waals surface area contributed by atoms with Crippen molar-refractivity contribution in [2.75, 3.05) is 0 Å². The summed E-state index contributed by atoms with van der Waals surface area (Å²) < 4.78 is 16.9. The molecule has 2 rings (SSSR count). The quantitative estimate of drug-likeness (QED) is 0.836. The second-order valence-corrected chi connectivity index (χ2v) is 5.54. The van der Waals surface area contributed by atoms with Crippen LogP contribution in [-0.2, 0) is 22.3 Å². The molecule has 0 saturated heterocycles. The van der Waals surface area contributed by atoms with Gasteiger partial charge in [0.2, 0.25) is 0 Å². The average Bonchev–Trinajstić information content (AvgIpc) is 2.67. The van der Waals surface area contributed by atoms with Crippen molar-refractivity contribution >= 4 is 10.8 Å². The van der Waals surface area contributed by atoms with Crippen LogP contribution in [0, 0.1) is 13.8 Å². The molecule has 0 bridgehead atoms. The Morgan fingerprint density at radius 2 is 2.00 bits per heavy atom. The topological polar surface area (TPSA) is 43.1 Å². The Bertz CT molecular complexity index is 534. The Kier molecular flexibility index (Phi) is 3.74. The monoisotopic (exact) mass is 249 g/mol. The standard InChI is InChI=1S/C13H15NO2S/c1-10-5-3-4-6-12(10)8-17(15)9-13-7-11(2)16-14-13/h3-7H,8-9H2,1-2H3/t17-/m1/s1. The number of aromatic nitrogens is 1. The van der Waals surface area contributed by atoms with Crippen LogP contribution in [0.4, 0.5) is 0 Å². The molecule has 0 spiro atoms. The molecular weight excluding hydrogens is 234 g/mol. The molecule has 0 aliphatic rings. The number of nitrogens with zero attached hydrogens (tertiary/aromatic N) is 1. The molecule has 0 N–H and O–H groups in total. The van der Waals surface area contributed by atoms with Crippen molar-refractivity contribution < 1.29 is 8.73 Å². The van der Waals surface area contributed by atoms with Crippen LogP contribution >= 0.6 is 0 Å². The molecule has 0 amide bonds. The Morgan fingerprint density at radius 1 is 1.24 bits per heavy atom. The van der Waals surface area contributed by atoms with Gasteiger partial charge >= 0.3 is 0 Å². The average molecular weight is 249 g/mol. The summed E-state index contributed by atoms with van der Waals surface area (Å²) in [6.07, 6.45) is 0. The Hall–Kier alpha value is -1.42. The molecule has 17 heavy (non-hydrogen) atoms. The van der Waals surface area contributed by atoms with E-state index in [1.165, 1.54) is 5.56 Å². The largest absolute Gasteiger partial charge is 0.361 e. The third kappa shape index (κ3) is 3.27. The summed E-state index contributed by atoms with van der Waals surface area (Å²) in [5.74, 6) is 1.78. The summed E-state index contributed by atoms with van der Waals surface area (Å²) in [5, 5.41) is 3.85. The van der Waals surface area contributed by atoms with Gasteiger partial charge in [0.1, 0.15) is 5.76 Å². The highest BCUT2D eigenvalue weighted by molar-refractivity contribution is 7.83. The maximum Gasteiger partial charge on any atom is 0.133 e. The molecule has 0 saturated carbocycles. The first-order chi connectivity index (χ1) is 8.15. The molecule has 3 nitrogen and oxygen atoms in total. The third-order valence-electron chi connectivity index (χ3n) is 2.56. The zero-order valence-corrected chi connectivity index (χ0v) is 10.8. The van der Waals surface area contributed by atoms with E-state index in [2.05, 4.69) is 5.16 Å². The zero-order valence-electron chi connectivity index (χ0n) is 9.97. The van der Waals surface area contributed by atoms with Crippen LogP contribution in [0.25, 0.3) is 0 Å². The Balaban J connectivity index is 2.01. The van der Waals surface area contributed by atoms with Gasteiger partial charge in [-0.15, -0.1) is 0 Å². The normalized spacial score (nSPS) is 12.6. The second kappa shape index (κ2) is 5.27. The van der Waals surface area contributed by atoms with Crippen molar-refractivity contribution in [3.8, 4) is 0 Å². The lowest BCUT2D eigenvalue weighted by molar-refractivity contribution is 0.392. The summed E-state index contributed by atoms with van der Waals surface area (Å²) >= 11 is 0. The minimum Gasteiger partial charge on any atom is -0.361 e. The lowest BCUT2D eigenvalue weighted by Gasteiger charge is -2.04. The van der Waals surface area contributed by atoms with E-state index in [4.69, 9.17) is 4.52 Å². The second-order valence-electron chi connectivity index (χ2n) is 4.08. The summed E-state index contributed by atoms with van der Waals surface area (Å²) in [7, 11) is -0.941. The smallest absolute Gasteiger partial charge is 0.133 e. The predicted molar refractivity (Wildman–Crippen MR) is 68.0 cm³/mol. The van der Waals surface area contributed by atoms with Crippen molar-refractivity contribution in [1.82, 2.24) is 5.16 Å². The van der Waals surface area contributed by atoms with Crippen molar-refractivity contribution in [3.63, 3.8) is 0 Å². The fraction of sp³-hybridized carbons (Fsp3) is 0.308. The van der Waals surface area contributed by atoms with E-state index in [0.29, 0.717) is 11.5 Å². The third-order valence-corrected chi connectivity index (χ3v) is 3.81. The molecule has 0 radical (unpaired) electrons. The van der Waals surface area contributed by atoms with Crippen molar-refractivity contribution in [2.45, 2.75) is 25.4 Å². The van der Waals surface area contributed by atoms with E-state index in [0.717, 1.165) is 17.0 Å². The van der Waals surface area contributed by atoms with Crippen LogP contribution in [0.2, 0.25) is 0 Å². The van der Waals surface area contributed by atoms with Crippen molar-refractivity contribution in [1.29, 1.82) is 0 Å². The molecule has 1 atom stereocenters.